The Labute approximate surface area is 167 Å². The van der Waals surface area contributed by atoms with E-state index in [2.05, 4.69) is 25.2 Å². The van der Waals surface area contributed by atoms with Gasteiger partial charge in [0.05, 0.1) is 0 Å². The van der Waals surface area contributed by atoms with Crippen molar-refractivity contribution in [3.63, 3.8) is 0 Å². The molecule has 2 N–H and O–H groups in total. The Hall–Kier alpha value is -3.24. The highest BCUT2D eigenvalue weighted by molar-refractivity contribution is 7.88. The maximum absolute atomic E-state index is 12.4. The Kier molecular flexibility index (Phi) is 5.28. The SMILES string of the molecule is Cc1nc(NCCNS(=O)(=O)Cc2noc3ccccc23)cc(-n2cccc2)n1. The van der Waals surface area contributed by atoms with E-state index in [1.165, 1.54) is 0 Å². The lowest BCUT2D eigenvalue weighted by Gasteiger charge is -2.10. The zero-order valence-corrected chi connectivity index (χ0v) is 16.6. The predicted molar refractivity (Wildman–Crippen MR) is 109 cm³/mol. The summed E-state index contributed by atoms with van der Waals surface area (Å²) in [4.78, 5) is 8.73. The second-order valence-corrected chi connectivity index (χ2v) is 8.26. The average Bonchev–Trinajstić information content (AvgIpc) is 3.36. The Morgan fingerprint density at radius 2 is 1.86 bits per heavy atom. The third-order valence-electron chi connectivity index (χ3n) is 4.23. The number of nitrogens with one attached hydrogen (secondary N) is 2. The molecule has 0 amide bonds. The van der Waals surface area contributed by atoms with Gasteiger partial charge in [0.25, 0.3) is 0 Å². The minimum atomic E-state index is -3.55. The first-order chi connectivity index (χ1) is 14.0. The maximum atomic E-state index is 12.4. The van der Waals surface area contributed by atoms with E-state index in [1.807, 2.05) is 54.2 Å². The highest BCUT2D eigenvalue weighted by Crippen LogP contribution is 2.19. The van der Waals surface area contributed by atoms with Gasteiger partial charge in [-0.15, -0.1) is 0 Å². The summed E-state index contributed by atoms with van der Waals surface area (Å²) in [6, 6.07) is 12.8. The summed E-state index contributed by atoms with van der Waals surface area (Å²) in [5.41, 5.74) is 0.959. The molecule has 9 nitrogen and oxygen atoms in total. The molecule has 29 heavy (non-hydrogen) atoms. The highest BCUT2D eigenvalue weighted by Gasteiger charge is 2.17. The molecule has 4 aromatic rings. The van der Waals surface area contributed by atoms with Gasteiger partial charge in [0, 0.05) is 36.9 Å². The number of para-hydroxylation sites is 1. The molecule has 0 atom stereocenters. The molecule has 0 unspecified atom stereocenters. The van der Waals surface area contributed by atoms with Crippen molar-refractivity contribution in [3.05, 3.63) is 66.4 Å². The number of aryl methyl sites for hydroxylation is 1. The monoisotopic (exact) mass is 412 g/mol. The number of sulfonamides is 1. The number of aromatic nitrogens is 4. The van der Waals surface area contributed by atoms with Crippen LogP contribution in [0.25, 0.3) is 16.8 Å². The van der Waals surface area contributed by atoms with E-state index >= 15 is 0 Å². The molecule has 150 valence electrons. The van der Waals surface area contributed by atoms with Crippen LogP contribution in [0.2, 0.25) is 0 Å². The molecule has 0 radical (unpaired) electrons. The van der Waals surface area contributed by atoms with E-state index in [4.69, 9.17) is 4.52 Å². The minimum Gasteiger partial charge on any atom is -0.369 e. The number of nitrogens with zero attached hydrogens (tertiary/aromatic N) is 4. The van der Waals surface area contributed by atoms with E-state index in [-0.39, 0.29) is 12.3 Å². The molecule has 0 aliphatic heterocycles. The number of fused-ring (bicyclic) bond motifs is 1. The summed E-state index contributed by atoms with van der Waals surface area (Å²) < 4.78 is 34.3. The normalized spacial score (nSPS) is 11.8. The van der Waals surface area contributed by atoms with E-state index in [0.717, 1.165) is 5.82 Å². The smallest absolute Gasteiger partial charge is 0.217 e. The van der Waals surface area contributed by atoms with Crippen LogP contribution in [-0.4, -0.2) is 41.2 Å². The Morgan fingerprint density at radius 3 is 2.69 bits per heavy atom. The molecule has 0 fully saturated rings. The number of benzene rings is 1. The predicted octanol–water partition coefficient (Wildman–Crippen LogP) is 2.25. The van der Waals surface area contributed by atoms with Gasteiger partial charge in [-0.2, -0.15) is 0 Å². The molecule has 3 heterocycles. The van der Waals surface area contributed by atoms with E-state index in [9.17, 15) is 8.42 Å². The lowest BCUT2D eigenvalue weighted by molar-refractivity contribution is 0.448. The Morgan fingerprint density at radius 1 is 1.07 bits per heavy atom. The van der Waals surface area contributed by atoms with Gasteiger partial charge in [-0.05, 0) is 31.2 Å². The molecule has 0 spiro atoms. The fourth-order valence-corrected chi connectivity index (χ4v) is 4.02. The van der Waals surface area contributed by atoms with Crippen LogP contribution in [-0.2, 0) is 15.8 Å². The molecule has 0 aliphatic carbocycles. The van der Waals surface area contributed by atoms with Crippen LogP contribution in [0, 0.1) is 6.92 Å². The number of hydrogen-bond donors (Lipinski definition) is 2. The van der Waals surface area contributed by atoms with Crippen LogP contribution < -0.4 is 10.0 Å². The van der Waals surface area contributed by atoms with Crippen LogP contribution in [0.3, 0.4) is 0 Å². The largest absolute Gasteiger partial charge is 0.369 e. The molecule has 4 rings (SSSR count). The van der Waals surface area contributed by atoms with Gasteiger partial charge in [-0.3, -0.25) is 0 Å². The van der Waals surface area contributed by atoms with Crippen molar-refractivity contribution in [2.75, 3.05) is 18.4 Å². The summed E-state index contributed by atoms with van der Waals surface area (Å²) in [6.07, 6.45) is 3.79. The zero-order valence-electron chi connectivity index (χ0n) is 15.7. The third-order valence-corrected chi connectivity index (χ3v) is 5.52. The van der Waals surface area contributed by atoms with Crippen LogP contribution in [0.1, 0.15) is 11.5 Å². The molecule has 1 aromatic carbocycles. The van der Waals surface area contributed by atoms with E-state index in [1.54, 1.807) is 12.1 Å². The average molecular weight is 412 g/mol. The topological polar surface area (TPSA) is 115 Å². The Bertz CT molecular complexity index is 1220. The standard InChI is InChI=1S/C19H20N6O3S/c1-14-22-18(12-19(23-14)25-10-4-5-11-25)20-8-9-21-29(26,27)13-16-15-6-2-3-7-17(15)28-24-16/h2-7,10-12,21H,8-9,13H2,1H3,(H,20,22,23). The van der Waals surface area contributed by atoms with Gasteiger partial charge in [-0.25, -0.2) is 23.1 Å². The lowest BCUT2D eigenvalue weighted by Crippen LogP contribution is -2.30. The highest BCUT2D eigenvalue weighted by atomic mass is 32.2. The number of anilines is 1. The van der Waals surface area contributed by atoms with Gasteiger partial charge < -0.3 is 14.4 Å². The van der Waals surface area contributed by atoms with E-state index < -0.39 is 10.0 Å². The first-order valence-corrected chi connectivity index (χ1v) is 10.7. The fourth-order valence-electron chi connectivity index (χ4n) is 2.93. The van der Waals surface area contributed by atoms with Crippen LogP contribution in [0.4, 0.5) is 5.82 Å². The summed E-state index contributed by atoms with van der Waals surface area (Å²) in [5.74, 6) is 1.75. The van der Waals surface area contributed by atoms with Crippen LogP contribution in [0.15, 0.2) is 59.4 Å². The van der Waals surface area contributed by atoms with Gasteiger partial charge in [0.15, 0.2) is 5.58 Å². The van der Waals surface area contributed by atoms with Crippen molar-refractivity contribution >= 4 is 26.8 Å². The van der Waals surface area contributed by atoms with Gasteiger partial charge >= 0.3 is 0 Å². The van der Waals surface area contributed by atoms with Gasteiger partial charge in [-0.1, -0.05) is 17.3 Å². The van der Waals surface area contributed by atoms with Crippen LogP contribution >= 0.6 is 0 Å². The zero-order chi connectivity index (χ0) is 20.3. The molecule has 0 bridgehead atoms. The molecular formula is C19H20N6O3S. The second-order valence-electron chi connectivity index (χ2n) is 6.45. The molecule has 0 saturated heterocycles. The van der Waals surface area contributed by atoms with Crippen LogP contribution in [0.5, 0.6) is 0 Å². The van der Waals surface area contributed by atoms with E-state index in [0.29, 0.717) is 34.9 Å². The molecule has 0 saturated carbocycles. The summed E-state index contributed by atoms with van der Waals surface area (Å²) in [5, 5.41) is 7.69. The fraction of sp³-hybridized carbons (Fsp3) is 0.211. The number of hydrogen-bond acceptors (Lipinski definition) is 7. The quantitative estimate of drug-likeness (QED) is 0.427. The van der Waals surface area contributed by atoms with Crippen molar-refractivity contribution in [1.29, 1.82) is 0 Å². The van der Waals surface area contributed by atoms with Crippen molar-refractivity contribution < 1.29 is 12.9 Å². The maximum Gasteiger partial charge on any atom is 0.217 e. The molecule has 10 heteroatoms. The first-order valence-electron chi connectivity index (χ1n) is 9.04. The lowest BCUT2D eigenvalue weighted by atomic mass is 10.2. The summed E-state index contributed by atoms with van der Waals surface area (Å²) >= 11 is 0. The summed E-state index contributed by atoms with van der Waals surface area (Å²) in [7, 11) is -3.55. The second kappa shape index (κ2) is 8.02. The summed E-state index contributed by atoms with van der Waals surface area (Å²) in [6.45, 7) is 2.39. The third kappa shape index (κ3) is 4.61. The molecule has 3 aromatic heterocycles. The first kappa shape index (κ1) is 19.1. The van der Waals surface area contributed by atoms with Crippen molar-refractivity contribution in [3.8, 4) is 5.82 Å². The van der Waals surface area contributed by atoms with Crippen molar-refractivity contribution in [1.82, 2.24) is 24.4 Å². The van der Waals surface area contributed by atoms with Crippen molar-refractivity contribution in [2.45, 2.75) is 12.7 Å². The minimum absolute atomic E-state index is 0.208. The van der Waals surface area contributed by atoms with Gasteiger partial charge in [0.2, 0.25) is 10.0 Å². The molecule has 0 aliphatic rings. The van der Waals surface area contributed by atoms with Crippen molar-refractivity contribution in [2.24, 2.45) is 0 Å². The molecular weight excluding hydrogens is 392 g/mol. The van der Waals surface area contributed by atoms with Gasteiger partial charge in [0.1, 0.15) is 28.9 Å². The number of rotatable bonds is 8. The Balaban J connectivity index is 1.34.